The molecule has 2 atom stereocenters. The van der Waals surface area contributed by atoms with Gasteiger partial charge in [-0.2, -0.15) is 0 Å². The SMILES string of the molecule is Cc1ccc(NC(=O)[C@@H]2CCC[C@@H]2C(=O)O)cc1Cl. The first kappa shape index (κ1) is 13.9. The summed E-state index contributed by atoms with van der Waals surface area (Å²) in [5, 5.41) is 12.4. The van der Waals surface area contributed by atoms with Crippen LogP contribution in [0.3, 0.4) is 0 Å². The third-order valence-electron chi connectivity index (χ3n) is 3.61. The number of carboxylic acids is 1. The standard InChI is InChI=1S/C14H16ClNO3/c1-8-5-6-9(7-12(8)15)16-13(17)10-3-2-4-11(10)14(18)19/h5-7,10-11H,2-4H2,1H3,(H,16,17)(H,18,19)/t10-,11+/m1/s1. The lowest BCUT2D eigenvalue weighted by molar-refractivity contribution is -0.145. The largest absolute Gasteiger partial charge is 0.481 e. The summed E-state index contributed by atoms with van der Waals surface area (Å²) in [4.78, 5) is 23.2. The van der Waals surface area contributed by atoms with Gasteiger partial charge >= 0.3 is 5.97 Å². The number of amides is 1. The fraction of sp³-hybridized carbons (Fsp3) is 0.429. The summed E-state index contributed by atoms with van der Waals surface area (Å²) in [6, 6.07) is 5.27. The Labute approximate surface area is 116 Å². The van der Waals surface area contributed by atoms with Crippen LogP contribution < -0.4 is 5.32 Å². The van der Waals surface area contributed by atoms with Crippen LogP contribution in [0.4, 0.5) is 5.69 Å². The van der Waals surface area contributed by atoms with Gasteiger partial charge in [0.1, 0.15) is 0 Å². The maximum Gasteiger partial charge on any atom is 0.307 e. The van der Waals surface area contributed by atoms with E-state index in [1.807, 2.05) is 13.0 Å². The molecule has 19 heavy (non-hydrogen) atoms. The van der Waals surface area contributed by atoms with Crippen molar-refractivity contribution in [3.8, 4) is 0 Å². The summed E-state index contributed by atoms with van der Waals surface area (Å²) in [5.74, 6) is -2.14. The molecule has 1 aromatic carbocycles. The molecule has 0 bridgehead atoms. The van der Waals surface area contributed by atoms with E-state index >= 15 is 0 Å². The maximum absolute atomic E-state index is 12.1. The van der Waals surface area contributed by atoms with E-state index in [1.165, 1.54) is 0 Å². The van der Waals surface area contributed by atoms with E-state index in [-0.39, 0.29) is 5.91 Å². The van der Waals surface area contributed by atoms with Gasteiger partial charge < -0.3 is 10.4 Å². The van der Waals surface area contributed by atoms with Gasteiger partial charge in [-0.3, -0.25) is 9.59 Å². The molecule has 2 rings (SSSR count). The van der Waals surface area contributed by atoms with Crippen LogP contribution in [0.1, 0.15) is 24.8 Å². The monoisotopic (exact) mass is 281 g/mol. The van der Waals surface area contributed by atoms with Crippen LogP contribution in [0.25, 0.3) is 0 Å². The topological polar surface area (TPSA) is 66.4 Å². The van der Waals surface area contributed by atoms with E-state index in [2.05, 4.69) is 5.32 Å². The minimum atomic E-state index is -0.889. The lowest BCUT2D eigenvalue weighted by atomic mass is 9.95. The van der Waals surface area contributed by atoms with Crippen LogP contribution in [0.5, 0.6) is 0 Å². The minimum Gasteiger partial charge on any atom is -0.481 e. The Kier molecular flexibility index (Phi) is 4.10. The van der Waals surface area contributed by atoms with E-state index in [0.29, 0.717) is 23.6 Å². The summed E-state index contributed by atoms with van der Waals surface area (Å²) in [7, 11) is 0. The van der Waals surface area contributed by atoms with E-state index in [4.69, 9.17) is 16.7 Å². The lowest BCUT2D eigenvalue weighted by Gasteiger charge is -2.15. The highest BCUT2D eigenvalue weighted by Gasteiger charge is 2.37. The van der Waals surface area contributed by atoms with Crippen molar-refractivity contribution in [1.29, 1.82) is 0 Å². The first-order chi connectivity index (χ1) is 8.99. The van der Waals surface area contributed by atoms with E-state index < -0.39 is 17.8 Å². The number of aliphatic carboxylic acids is 1. The van der Waals surface area contributed by atoms with Crippen molar-refractivity contribution in [3.05, 3.63) is 28.8 Å². The second-order valence-electron chi connectivity index (χ2n) is 4.94. The van der Waals surface area contributed by atoms with Crippen LogP contribution in [0, 0.1) is 18.8 Å². The fourth-order valence-corrected chi connectivity index (χ4v) is 2.66. The van der Waals surface area contributed by atoms with Crippen LogP contribution in [0.2, 0.25) is 5.02 Å². The summed E-state index contributed by atoms with van der Waals surface area (Å²) >= 11 is 5.99. The number of anilines is 1. The lowest BCUT2D eigenvalue weighted by Crippen LogP contribution is -2.29. The molecule has 1 saturated carbocycles. The molecule has 0 radical (unpaired) electrons. The van der Waals surface area contributed by atoms with Crippen molar-refractivity contribution in [2.45, 2.75) is 26.2 Å². The summed E-state index contributed by atoms with van der Waals surface area (Å²) < 4.78 is 0. The number of hydrogen-bond donors (Lipinski definition) is 2. The number of aryl methyl sites for hydroxylation is 1. The van der Waals surface area contributed by atoms with Gasteiger partial charge in [-0.05, 0) is 37.5 Å². The van der Waals surface area contributed by atoms with Crippen molar-refractivity contribution in [2.24, 2.45) is 11.8 Å². The average Bonchev–Trinajstić information content (AvgIpc) is 2.83. The van der Waals surface area contributed by atoms with Crippen LogP contribution >= 0.6 is 11.6 Å². The number of halogens is 1. The van der Waals surface area contributed by atoms with Gasteiger partial charge in [0, 0.05) is 10.7 Å². The zero-order valence-corrected chi connectivity index (χ0v) is 11.4. The molecule has 102 valence electrons. The Bertz CT molecular complexity index is 515. The molecule has 0 aliphatic heterocycles. The van der Waals surface area contributed by atoms with Crippen molar-refractivity contribution in [2.75, 3.05) is 5.32 Å². The number of benzene rings is 1. The molecule has 1 fully saturated rings. The second-order valence-corrected chi connectivity index (χ2v) is 5.34. The van der Waals surface area contributed by atoms with Gasteiger partial charge in [0.15, 0.2) is 0 Å². The predicted octanol–water partition coefficient (Wildman–Crippen LogP) is 3.09. The first-order valence-electron chi connectivity index (χ1n) is 6.29. The second kappa shape index (κ2) is 5.61. The van der Waals surface area contributed by atoms with Gasteiger partial charge in [0.05, 0.1) is 11.8 Å². The summed E-state index contributed by atoms with van der Waals surface area (Å²) in [5.41, 5.74) is 1.54. The molecule has 1 aliphatic rings. The summed E-state index contributed by atoms with van der Waals surface area (Å²) in [6.45, 7) is 1.88. The molecule has 0 unspecified atom stereocenters. The number of hydrogen-bond acceptors (Lipinski definition) is 2. The molecule has 1 amide bonds. The quantitative estimate of drug-likeness (QED) is 0.895. The molecular weight excluding hydrogens is 266 g/mol. The van der Waals surface area contributed by atoms with Gasteiger partial charge in [-0.1, -0.05) is 24.1 Å². The Balaban J connectivity index is 2.08. The molecule has 0 aromatic heterocycles. The molecule has 4 nitrogen and oxygen atoms in total. The minimum absolute atomic E-state index is 0.232. The molecule has 5 heteroatoms. The third kappa shape index (κ3) is 3.07. The molecule has 2 N–H and O–H groups in total. The van der Waals surface area contributed by atoms with Gasteiger partial charge in [-0.15, -0.1) is 0 Å². The third-order valence-corrected chi connectivity index (χ3v) is 4.02. The van der Waals surface area contributed by atoms with Crippen molar-refractivity contribution in [1.82, 2.24) is 0 Å². The van der Waals surface area contributed by atoms with Crippen LogP contribution in [0.15, 0.2) is 18.2 Å². The maximum atomic E-state index is 12.1. The van der Waals surface area contributed by atoms with Gasteiger partial charge in [0.2, 0.25) is 5.91 Å². The van der Waals surface area contributed by atoms with E-state index in [1.54, 1.807) is 12.1 Å². The highest BCUT2D eigenvalue weighted by molar-refractivity contribution is 6.31. The van der Waals surface area contributed by atoms with Crippen molar-refractivity contribution < 1.29 is 14.7 Å². The highest BCUT2D eigenvalue weighted by atomic mass is 35.5. The smallest absolute Gasteiger partial charge is 0.307 e. The van der Waals surface area contributed by atoms with Crippen LogP contribution in [-0.2, 0) is 9.59 Å². The molecule has 1 aliphatic carbocycles. The Morgan fingerprint density at radius 3 is 2.63 bits per heavy atom. The number of carbonyl (C=O) groups excluding carboxylic acids is 1. The molecule has 0 saturated heterocycles. The average molecular weight is 282 g/mol. The summed E-state index contributed by atoms with van der Waals surface area (Å²) in [6.07, 6.45) is 1.98. The molecule has 1 aromatic rings. The zero-order valence-electron chi connectivity index (χ0n) is 10.6. The number of carboxylic acid groups (broad SMARTS) is 1. The molecular formula is C14H16ClNO3. The highest BCUT2D eigenvalue weighted by Crippen LogP contribution is 2.33. The van der Waals surface area contributed by atoms with Crippen LogP contribution in [-0.4, -0.2) is 17.0 Å². The van der Waals surface area contributed by atoms with Crippen molar-refractivity contribution >= 4 is 29.2 Å². The Morgan fingerprint density at radius 2 is 2.00 bits per heavy atom. The fourth-order valence-electron chi connectivity index (χ4n) is 2.48. The van der Waals surface area contributed by atoms with E-state index in [9.17, 15) is 9.59 Å². The Hall–Kier alpha value is -1.55. The van der Waals surface area contributed by atoms with Gasteiger partial charge in [0.25, 0.3) is 0 Å². The molecule has 0 heterocycles. The zero-order chi connectivity index (χ0) is 14.0. The van der Waals surface area contributed by atoms with Crippen molar-refractivity contribution in [3.63, 3.8) is 0 Å². The molecule has 0 spiro atoms. The first-order valence-corrected chi connectivity index (χ1v) is 6.66. The normalized spacial score (nSPS) is 22.2. The predicted molar refractivity (Wildman–Crippen MR) is 73.3 cm³/mol. The van der Waals surface area contributed by atoms with E-state index in [0.717, 1.165) is 12.0 Å². The number of nitrogens with one attached hydrogen (secondary N) is 1. The Morgan fingerprint density at radius 1 is 1.32 bits per heavy atom. The number of rotatable bonds is 3. The number of carbonyl (C=O) groups is 2. The van der Waals surface area contributed by atoms with Gasteiger partial charge in [-0.25, -0.2) is 0 Å².